The third-order valence-corrected chi connectivity index (χ3v) is 20.5. The number of rotatable bonds is 12. The van der Waals surface area contributed by atoms with Crippen molar-refractivity contribution in [2.45, 2.75) is 155 Å². The van der Waals surface area contributed by atoms with Gasteiger partial charge in [0.15, 0.2) is 28.8 Å². The summed E-state index contributed by atoms with van der Waals surface area (Å²) >= 11 is 0. The highest BCUT2D eigenvalue weighted by Gasteiger charge is 2.35. The van der Waals surface area contributed by atoms with Crippen molar-refractivity contribution in [3.8, 4) is 11.5 Å². The molecular weight excluding hydrogens is 1550 g/mol. The van der Waals surface area contributed by atoms with E-state index < -0.39 is 34.7 Å². The molecule has 2 aromatic carbocycles. The summed E-state index contributed by atoms with van der Waals surface area (Å²) in [7, 11) is 0. The molecule has 5 N–H and O–H groups in total. The van der Waals surface area contributed by atoms with Gasteiger partial charge in [-0.3, -0.25) is 14.4 Å². The molecule has 0 aliphatic carbocycles. The van der Waals surface area contributed by atoms with E-state index in [9.17, 15) is 47.4 Å². The van der Waals surface area contributed by atoms with Crippen molar-refractivity contribution in [3.05, 3.63) is 156 Å². The fraction of sp³-hybridized carbons (Fsp3) is 0.552. The molecule has 14 rings (SSSR count). The summed E-state index contributed by atoms with van der Waals surface area (Å²) in [6.45, 7) is 32.5. The van der Waals surface area contributed by atoms with Crippen LogP contribution in [0.25, 0.3) is 0 Å². The molecular formula is C87H120F2N16O15. The summed E-state index contributed by atoms with van der Waals surface area (Å²) in [4.78, 5) is 123. The normalized spacial score (nSPS) is 19.8. The van der Waals surface area contributed by atoms with E-state index in [0.29, 0.717) is 146 Å². The molecule has 120 heavy (non-hydrogen) atoms. The molecule has 6 amide bonds. The number of benzene rings is 2. The maximum Gasteiger partial charge on any atom is 0.410 e. The minimum Gasteiger partial charge on any atom is -0.485 e. The smallest absolute Gasteiger partial charge is 0.410 e. The van der Waals surface area contributed by atoms with Crippen LogP contribution in [0.1, 0.15) is 156 Å². The number of aliphatic hydroxyl groups excluding tert-OH is 2. The Morgan fingerprint density at radius 1 is 0.358 bits per heavy atom. The Morgan fingerprint density at radius 3 is 1.06 bits per heavy atom. The number of nitrogens with zero attached hydrogens (tertiary/aromatic N) is 14. The van der Waals surface area contributed by atoms with Gasteiger partial charge in [0.2, 0.25) is 0 Å². The minimum absolute atomic E-state index is 0.0238. The van der Waals surface area contributed by atoms with Crippen molar-refractivity contribution < 1.29 is 81.3 Å². The molecule has 652 valence electrons. The molecule has 8 aliphatic rings. The van der Waals surface area contributed by atoms with Gasteiger partial charge in [0, 0.05) is 144 Å². The number of ether oxygens (including phenoxy) is 5. The molecule has 6 aromatic rings. The van der Waals surface area contributed by atoms with Gasteiger partial charge < -0.3 is 98.6 Å². The van der Waals surface area contributed by atoms with Crippen LogP contribution in [0, 0.1) is 11.6 Å². The third-order valence-electron chi connectivity index (χ3n) is 20.5. The van der Waals surface area contributed by atoms with Gasteiger partial charge in [-0.25, -0.2) is 47.9 Å². The first kappa shape index (κ1) is 91.5. The van der Waals surface area contributed by atoms with E-state index in [0.717, 1.165) is 103 Å². The molecule has 12 heterocycles. The number of pyridine rings is 4. The fourth-order valence-electron chi connectivity index (χ4n) is 14.4. The van der Waals surface area contributed by atoms with E-state index in [1.807, 2.05) is 104 Å². The molecule has 0 radical (unpaired) electrons. The molecule has 0 unspecified atom stereocenters. The Morgan fingerprint density at radius 2 is 0.717 bits per heavy atom. The lowest BCUT2D eigenvalue weighted by molar-refractivity contribution is 0.0252. The van der Waals surface area contributed by atoms with Crippen molar-refractivity contribution in [2.24, 2.45) is 0 Å². The second-order valence-electron chi connectivity index (χ2n) is 33.6. The highest BCUT2D eigenvalue weighted by molar-refractivity contribution is 5.94. The van der Waals surface area contributed by atoms with Crippen LogP contribution in [-0.4, -0.2) is 305 Å². The number of likely N-dealkylation sites (tertiary alicyclic amines) is 3. The largest absolute Gasteiger partial charge is 0.485 e. The summed E-state index contributed by atoms with van der Waals surface area (Å²) in [5.74, 6) is 1.08. The van der Waals surface area contributed by atoms with Crippen LogP contribution in [0.2, 0.25) is 0 Å². The highest BCUT2D eigenvalue weighted by Crippen LogP contribution is 2.28. The number of aromatic nitrogens is 4. The maximum atomic E-state index is 13.9. The zero-order valence-electron chi connectivity index (χ0n) is 70.7. The minimum atomic E-state index is -1.04. The first-order chi connectivity index (χ1) is 57.3. The fourth-order valence-corrected chi connectivity index (χ4v) is 14.4. The Hall–Kier alpha value is -10.8. The number of hydrogen-bond acceptors (Lipinski definition) is 24. The van der Waals surface area contributed by atoms with E-state index in [1.54, 1.807) is 96.1 Å². The van der Waals surface area contributed by atoms with Crippen molar-refractivity contribution >= 4 is 65.2 Å². The number of β-amino-alcohol motifs (C(OH)–C–C–N with tert-alkyl or cyclic N) is 2. The standard InChI is InChI=1S/C26H33FN4O4.C21H25FN4O2.C20H30N4O4.C16H23N3O4.C4H9NO/c1-26(2,3)35-25(33)30-14-7-13-29(16-17-30)23-11-6-9-21(28-23)24(32)31-15-12-19(18-31)34-22-10-5-4-8-20(22)27;22-17-5-1-2-7-19(17)28-16-9-13-26(15-16)21(27)18-6-3-8-20(24-18)25-12-4-10-23-11-14-25;1-20(2,3)28-19(27)23-10-5-9-22(12-13-23)17-7-4-6-16(21-17)18(26)24-11-8-15(25)14-24;1-16(2,3)23-15(22)19-9-5-8-18(10-11-19)13-7-4-6-12(17-13)14(20)21;6-4-1-2-5-3-4/h4-6,8-11,19H,7,12-18H2,1-3H3;1-3,5-8,16,23H,4,9-15H2;4,6-7,15,25H,5,8-14H2,1-3H3;4,6-7H,5,8-11H2,1-3H3,(H,20,21);4-6H,1-3H2/t19-;16-;15-;;4-/m001.1/s1. The lowest BCUT2D eigenvalue weighted by Crippen LogP contribution is -2.39. The first-order valence-electron chi connectivity index (χ1n) is 41.8. The molecule has 4 aromatic heterocycles. The number of hydrogen-bond donors (Lipinski definition) is 5. The van der Waals surface area contributed by atoms with Gasteiger partial charge >= 0.3 is 24.2 Å². The van der Waals surface area contributed by atoms with Gasteiger partial charge in [0.1, 0.15) is 69.4 Å². The number of carbonyl (C=O) groups is 7. The molecule has 0 saturated carbocycles. The van der Waals surface area contributed by atoms with Crippen LogP contribution in [0.3, 0.4) is 0 Å². The van der Waals surface area contributed by atoms with Gasteiger partial charge in [-0.15, -0.1) is 0 Å². The molecule has 4 atom stereocenters. The monoisotopic (exact) mass is 1670 g/mol. The van der Waals surface area contributed by atoms with E-state index in [-0.39, 0.29) is 77.3 Å². The number of amides is 6. The third kappa shape index (κ3) is 28.5. The molecule has 8 aliphatic heterocycles. The zero-order chi connectivity index (χ0) is 86.1. The van der Waals surface area contributed by atoms with Crippen LogP contribution >= 0.6 is 0 Å². The topological polar surface area (TPSA) is 334 Å². The van der Waals surface area contributed by atoms with Crippen LogP contribution in [0.5, 0.6) is 11.5 Å². The van der Waals surface area contributed by atoms with Gasteiger partial charge in [-0.1, -0.05) is 48.5 Å². The Kier molecular flexibility index (Phi) is 33.1. The Bertz CT molecular complexity index is 4370. The predicted octanol–water partition coefficient (Wildman–Crippen LogP) is 9.58. The number of carboxylic acid groups (broad SMARTS) is 1. The van der Waals surface area contributed by atoms with E-state index >= 15 is 0 Å². The molecule has 8 fully saturated rings. The van der Waals surface area contributed by atoms with Crippen LogP contribution in [0.4, 0.5) is 46.4 Å². The van der Waals surface area contributed by atoms with Gasteiger partial charge in [0.25, 0.3) is 17.7 Å². The SMILES string of the molecule is CC(C)(C)OC(=O)N1CCCN(c2cccc(C(=O)N3CC[C@@H](O)C3)n2)CC1.CC(C)(C)OC(=O)N1CCCN(c2cccc(C(=O)N3CC[C@H](Oc4ccccc4F)C3)n2)CC1.CC(C)(C)OC(=O)N1CCCN(c2cccc(C(=O)O)n2)CC1.O=C(c1cccc(N2CCCNCC2)n1)N1CC[C@H](Oc2ccccc2F)C1.O[C@@H]1CCNC1. The van der Waals surface area contributed by atoms with Crippen molar-refractivity contribution in [1.82, 2.24) is 60.0 Å². The van der Waals surface area contributed by atoms with Crippen LogP contribution in [0.15, 0.2) is 121 Å². The number of carbonyl (C=O) groups excluding carboxylic acids is 6. The second-order valence-corrected chi connectivity index (χ2v) is 33.6. The molecule has 31 nitrogen and oxygen atoms in total. The number of halogens is 2. The lowest BCUT2D eigenvalue weighted by Gasteiger charge is -2.26. The first-order valence-corrected chi connectivity index (χ1v) is 41.8. The van der Waals surface area contributed by atoms with Gasteiger partial charge in [0.05, 0.1) is 25.3 Å². The van der Waals surface area contributed by atoms with E-state index in [2.05, 4.69) is 45.3 Å². The number of nitrogens with one attached hydrogen (secondary N) is 2. The summed E-state index contributed by atoms with van der Waals surface area (Å²) < 4.78 is 55.6. The van der Waals surface area contributed by atoms with Crippen molar-refractivity contribution in [1.29, 1.82) is 0 Å². The van der Waals surface area contributed by atoms with Crippen LogP contribution < -0.4 is 39.7 Å². The molecule has 33 heteroatoms. The number of aliphatic hydroxyl groups is 2. The highest BCUT2D eigenvalue weighted by atomic mass is 19.1. The number of para-hydroxylation sites is 2. The Balaban J connectivity index is 0.000000165. The number of aromatic carboxylic acids is 1. The molecule has 8 saturated heterocycles. The summed E-state index contributed by atoms with van der Waals surface area (Å²) in [6.07, 6.45) is 4.37. The van der Waals surface area contributed by atoms with Crippen molar-refractivity contribution in [3.63, 3.8) is 0 Å². The average molecular weight is 1670 g/mol. The maximum absolute atomic E-state index is 13.9. The van der Waals surface area contributed by atoms with Gasteiger partial charge in [-0.2, -0.15) is 0 Å². The average Bonchev–Trinajstić information content (AvgIpc) is 1.66. The second kappa shape index (κ2) is 43.5. The quantitative estimate of drug-likeness (QED) is 0.0712. The van der Waals surface area contributed by atoms with Crippen LogP contribution in [-0.2, 0) is 14.2 Å². The molecule has 0 bridgehead atoms. The number of anilines is 4. The Labute approximate surface area is 702 Å². The zero-order valence-corrected chi connectivity index (χ0v) is 70.7. The van der Waals surface area contributed by atoms with E-state index in [1.165, 1.54) is 18.2 Å². The number of carboxylic acids is 1. The summed E-state index contributed by atoms with van der Waals surface area (Å²) in [6, 6.07) is 34.0. The summed E-state index contributed by atoms with van der Waals surface area (Å²) in [5, 5.41) is 33.8. The predicted molar refractivity (Wildman–Crippen MR) is 450 cm³/mol. The molecule has 0 spiro atoms. The van der Waals surface area contributed by atoms with E-state index in [4.69, 9.17) is 33.9 Å². The lowest BCUT2D eigenvalue weighted by atomic mass is 10.2. The van der Waals surface area contributed by atoms with Gasteiger partial charge in [-0.05, 0) is 187 Å². The summed E-state index contributed by atoms with van der Waals surface area (Å²) in [5.41, 5.74) is -0.337. The van der Waals surface area contributed by atoms with Crippen molar-refractivity contribution in [2.75, 3.05) is 177 Å².